The van der Waals surface area contributed by atoms with Gasteiger partial charge in [0.25, 0.3) is 0 Å². The van der Waals surface area contributed by atoms with E-state index >= 15 is 0 Å². The maximum atomic E-state index is 14.1. The molecule has 3 unspecified atom stereocenters. The van der Waals surface area contributed by atoms with E-state index < -0.39 is 42.7 Å². The number of ether oxygens (including phenoxy) is 3. The number of nitrogens with two attached hydrogens (primary N) is 1. The quantitative estimate of drug-likeness (QED) is 0.559. The van der Waals surface area contributed by atoms with Crippen molar-refractivity contribution in [3.05, 3.63) is 22.7 Å². The lowest BCUT2D eigenvalue weighted by Crippen LogP contribution is -2.30. The number of alkyl halides is 1. The Morgan fingerprint density at radius 1 is 1.46 bits per heavy atom. The first-order chi connectivity index (χ1) is 12.4. The lowest BCUT2D eigenvalue weighted by atomic mass is 10.2. The fourth-order valence-electron chi connectivity index (χ4n) is 2.34. The Morgan fingerprint density at radius 2 is 2.23 bits per heavy atom. The van der Waals surface area contributed by atoms with Crippen LogP contribution < -0.4 is 16.7 Å². The molecule has 3 atom stereocenters. The molecule has 3 N–H and O–H groups in total. The third-order valence-electron chi connectivity index (χ3n) is 3.62. The Morgan fingerprint density at radius 3 is 2.92 bits per heavy atom. The number of nitrogens with zero attached hydrogens (tertiary/aromatic N) is 2. The van der Waals surface area contributed by atoms with Crippen molar-refractivity contribution in [1.82, 2.24) is 14.9 Å². The number of hydrogen-bond donors (Lipinski definition) is 2. The van der Waals surface area contributed by atoms with Gasteiger partial charge < -0.3 is 25.3 Å². The molecule has 0 bridgehead atoms. The molecule has 1 aromatic heterocycles. The molecule has 0 aliphatic carbocycles. The van der Waals surface area contributed by atoms with Crippen molar-refractivity contribution in [3.63, 3.8) is 0 Å². The zero-order valence-corrected chi connectivity index (χ0v) is 14.2. The highest BCUT2D eigenvalue weighted by Crippen LogP contribution is 2.30. The molecule has 1 aliphatic heterocycles. The van der Waals surface area contributed by atoms with Crippen molar-refractivity contribution in [3.8, 4) is 0 Å². The maximum absolute atomic E-state index is 14.1. The summed E-state index contributed by atoms with van der Waals surface area (Å²) in [6.07, 6.45) is -2.01. The van der Waals surface area contributed by atoms with Crippen molar-refractivity contribution >= 4 is 17.8 Å². The van der Waals surface area contributed by atoms with Crippen molar-refractivity contribution in [1.29, 1.82) is 0 Å². The molecule has 1 saturated heterocycles. The second-order valence-corrected chi connectivity index (χ2v) is 5.64. The number of carbonyl (C=O) groups excluding carboxylic acids is 2. The number of nitrogens with one attached hydrogen (secondary N) is 1. The second kappa shape index (κ2) is 9.25. The zero-order chi connectivity index (χ0) is 19.1. The summed E-state index contributed by atoms with van der Waals surface area (Å²) in [5, 5.41) is 2.77. The number of carbonyl (C=O) groups is 2. The van der Waals surface area contributed by atoms with E-state index in [-0.39, 0.29) is 25.3 Å². The molecule has 1 fully saturated rings. The molecule has 0 saturated carbocycles. The normalized spacial score (nSPS) is 22.2. The molecule has 1 aliphatic rings. The molecular weight excluding hydrogens is 351 g/mol. The smallest absolute Gasteiger partial charge is 0.351 e. The van der Waals surface area contributed by atoms with Gasteiger partial charge in [0.05, 0.1) is 12.5 Å². The van der Waals surface area contributed by atoms with Crippen LogP contribution in [0.25, 0.3) is 0 Å². The summed E-state index contributed by atoms with van der Waals surface area (Å²) in [4.78, 5) is 38.1. The number of rotatable bonds is 8. The van der Waals surface area contributed by atoms with Gasteiger partial charge in [0.2, 0.25) is 0 Å². The Kier molecular flexibility index (Phi) is 7.04. The van der Waals surface area contributed by atoms with E-state index in [1.165, 1.54) is 12.3 Å². The average Bonchev–Trinajstić information content (AvgIpc) is 2.97. The minimum atomic E-state index is -1.47. The van der Waals surface area contributed by atoms with Crippen LogP contribution in [0, 0.1) is 0 Å². The third-order valence-corrected chi connectivity index (χ3v) is 3.62. The third kappa shape index (κ3) is 5.49. The first-order valence-corrected chi connectivity index (χ1v) is 8.00. The van der Waals surface area contributed by atoms with Gasteiger partial charge in [0.1, 0.15) is 18.6 Å². The molecule has 1 aromatic rings. The molecule has 10 nitrogen and oxygen atoms in total. The van der Waals surface area contributed by atoms with Crippen LogP contribution in [0.5, 0.6) is 0 Å². The number of hydrogen-bond acceptors (Lipinski definition) is 9. The molecule has 0 radical (unpaired) electrons. The van der Waals surface area contributed by atoms with E-state index in [1.54, 1.807) is 7.05 Å². The van der Waals surface area contributed by atoms with E-state index in [1.807, 2.05) is 0 Å². The summed E-state index contributed by atoms with van der Waals surface area (Å²) in [7, 11) is 1.68. The predicted octanol–water partition coefficient (Wildman–Crippen LogP) is -0.853. The maximum Gasteiger partial charge on any atom is 0.351 e. The minimum Gasteiger partial charge on any atom is -0.460 e. The van der Waals surface area contributed by atoms with Gasteiger partial charge in [-0.1, -0.05) is 0 Å². The summed E-state index contributed by atoms with van der Waals surface area (Å²) < 4.78 is 30.2. The van der Waals surface area contributed by atoms with Gasteiger partial charge in [-0.2, -0.15) is 4.98 Å². The SMILES string of the molecule is CNCCC(=O)OCC(=O)OCC1CC(F)C(n2ccc(N)nc2=O)O1. The lowest BCUT2D eigenvalue weighted by molar-refractivity contribution is -0.161. The van der Waals surface area contributed by atoms with Gasteiger partial charge in [0.15, 0.2) is 12.8 Å². The van der Waals surface area contributed by atoms with Crippen LogP contribution in [0.15, 0.2) is 17.1 Å². The highest BCUT2D eigenvalue weighted by Gasteiger charge is 2.38. The van der Waals surface area contributed by atoms with Gasteiger partial charge >= 0.3 is 17.6 Å². The fourth-order valence-corrected chi connectivity index (χ4v) is 2.34. The fraction of sp³-hybridized carbons (Fsp3) is 0.600. The summed E-state index contributed by atoms with van der Waals surface area (Å²) in [6, 6.07) is 1.35. The predicted molar refractivity (Wildman–Crippen MR) is 86.8 cm³/mol. The first-order valence-electron chi connectivity index (χ1n) is 8.00. The Balaban J connectivity index is 1.78. The Bertz CT molecular complexity index is 697. The van der Waals surface area contributed by atoms with Gasteiger partial charge in [-0.25, -0.2) is 14.0 Å². The monoisotopic (exact) mass is 372 g/mol. The van der Waals surface area contributed by atoms with E-state index in [0.29, 0.717) is 6.54 Å². The summed E-state index contributed by atoms with van der Waals surface area (Å²) in [5.74, 6) is -1.28. The van der Waals surface area contributed by atoms with E-state index in [2.05, 4.69) is 10.3 Å². The molecule has 144 valence electrons. The molecular formula is C15H21FN4O6. The van der Waals surface area contributed by atoms with E-state index in [4.69, 9.17) is 19.9 Å². The summed E-state index contributed by atoms with van der Waals surface area (Å²) >= 11 is 0. The molecule has 0 aromatic carbocycles. The lowest BCUT2D eigenvalue weighted by Gasteiger charge is -2.16. The largest absolute Gasteiger partial charge is 0.460 e. The number of esters is 2. The number of anilines is 1. The standard InChI is InChI=1S/C15H21FN4O6/c1-18-4-2-12(21)25-8-13(22)24-7-9-6-10(16)14(26-9)20-5-3-11(17)19-15(20)23/h3,5,9-10,14,18H,2,4,6-8H2,1H3,(H2,17,19,23). The van der Waals surface area contributed by atoms with Gasteiger partial charge in [-0.3, -0.25) is 9.36 Å². The van der Waals surface area contributed by atoms with Crippen molar-refractivity contribution in [2.75, 3.05) is 32.5 Å². The number of nitrogen functional groups attached to an aromatic ring is 1. The van der Waals surface area contributed by atoms with Crippen LogP contribution in [0.4, 0.5) is 10.2 Å². The van der Waals surface area contributed by atoms with Crippen LogP contribution in [0.3, 0.4) is 0 Å². The Labute approximate surface area is 148 Å². The van der Waals surface area contributed by atoms with Crippen molar-refractivity contribution in [2.24, 2.45) is 0 Å². The highest BCUT2D eigenvalue weighted by atomic mass is 19.1. The molecule has 26 heavy (non-hydrogen) atoms. The minimum absolute atomic E-state index is 0.0226. The van der Waals surface area contributed by atoms with Crippen molar-refractivity contribution in [2.45, 2.75) is 31.3 Å². The topological polar surface area (TPSA) is 135 Å². The molecule has 0 spiro atoms. The van der Waals surface area contributed by atoms with E-state index in [9.17, 15) is 18.8 Å². The van der Waals surface area contributed by atoms with E-state index in [0.717, 1.165) is 4.57 Å². The number of aromatic nitrogens is 2. The summed E-state index contributed by atoms with van der Waals surface area (Å²) in [5.41, 5.74) is 4.66. The molecule has 11 heteroatoms. The van der Waals surface area contributed by atoms with Crippen LogP contribution in [-0.2, 0) is 23.8 Å². The summed E-state index contributed by atoms with van der Waals surface area (Å²) in [6.45, 7) is -0.317. The van der Waals surface area contributed by atoms with Crippen LogP contribution >= 0.6 is 0 Å². The average molecular weight is 372 g/mol. The zero-order valence-electron chi connectivity index (χ0n) is 14.2. The van der Waals surface area contributed by atoms with Crippen LogP contribution in [-0.4, -0.2) is 60.6 Å². The van der Waals surface area contributed by atoms with Gasteiger partial charge in [0, 0.05) is 19.2 Å². The Hall–Kier alpha value is -2.53. The van der Waals surface area contributed by atoms with Crippen LogP contribution in [0.1, 0.15) is 19.1 Å². The van der Waals surface area contributed by atoms with Gasteiger partial charge in [-0.05, 0) is 13.1 Å². The molecule has 2 heterocycles. The molecule has 0 amide bonds. The number of halogens is 1. The van der Waals surface area contributed by atoms with Crippen LogP contribution in [0.2, 0.25) is 0 Å². The highest BCUT2D eigenvalue weighted by molar-refractivity contribution is 5.76. The first kappa shape index (κ1) is 19.8. The van der Waals surface area contributed by atoms with Crippen molar-refractivity contribution < 1.29 is 28.2 Å². The van der Waals surface area contributed by atoms with Gasteiger partial charge in [-0.15, -0.1) is 0 Å². The molecule has 2 rings (SSSR count). The second-order valence-electron chi connectivity index (χ2n) is 5.64.